The number of hydrogen-bond acceptors (Lipinski definition) is 2. The molecule has 0 aromatic heterocycles. The Labute approximate surface area is 97.4 Å². The summed E-state index contributed by atoms with van der Waals surface area (Å²) in [5.41, 5.74) is 10.6. The zero-order valence-corrected chi connectivity index (χ0v) is 10.1. The SMILES string of the molecule is CC(C)N1CCC2CC(N)c3cccc1c32. The maximum Gasteiger partial charge on any atom is 0.0407 e. The van der Waals surface area contributed by atoms with E-state index in [0.717, 1.165) is 12.3 Å². The molecule has 1 aromatic rings. The highest BCUT2D eigenvalue weighted by atomic mass is 15.2. The first-order chi connectivity index (χ1) is 7.68. The molecule has 1 heterocycles. The van der Waals surface area contributed by atoms with E-state index in [1.165, 1.54) is 24.2 Å². The highest BCUT2D eigenvalue weighted by molar-refractivity contribution is 5.63. The van der Waals surface area contributed by atoms with Gasteiger partial charge in [-0.1, -0.05) is 12.1 Å². The lowest BCUT2D eigenvalue weighted by Gasteiger charge is -2.37. The number of anilines is 1. The van der Waals surface area contributed by atoms with Crippen molar-refractivity contribution >= 4 is 5.69 Å². The predicted octanol–water partition coefficient (Wildman–Crippen LogP) is 2.79. The molecule has 2 N–H and O–H groups in total. The van der Waals surface area contributed by atoms with Crippen molar-refractivity contribution in [3.05, 3.63) is 29.3 Å². The molecule has 0 radical (unpaired) electrons. The molecule has 0 spiro atoms. The molecule has 2 heteroatoms. The quantitative estimate of drug-likeness (QED) is 0.782. The van der Waals surface area contributed by atoms with Crippen molar-refractivity contribution in [1.82, 2.24) is 0 Å². The first-order valence-corrected chi connectivity index (χ1v) is 6.33. The van der Waals surface area contributed by atoms with Gasteiger partial charge in [0.2, 0.25) is 0 Å². The molecule has 2 nitrogen and oxygen atoms in total. The Hall–Kier alpha value is -1.02. The molecule has 1 aromatic carbocycles. The Morgan fingerprint density at radius 1 is 1.38 bits per heavy atom. The third-order valence-corrected chi connectivity index (χ3v) is 4.11. The van der Waals surface area contributed by atoms with Gasteiger partial charge < -0.3 is 10.6 Å². The van der Waals surface area contributed by atoms with Gasteiger partial charge in [0, 0.05) is 24.3 Å². The van der Waals surface area contributed by atoms with Crippen molar-refractivity contribution in [2.75, 3.05) is 11.4 Å². The van der Waals surface area contributed by atoms with E-state index in [1.807, 2.05) is 0 Å². The van der Waals surface area contributed by atoms with E-state index >= 15 is 0 Å². The summed E-state index contributed by atoms with van der Waals surface area (Å²) in [5.74, 6) is 0.719. The zero-order chi connectivity index (χ0) is 11.3. The fraction of sp³-hybridized carbons (Fsp3) is 0.571. The van der Waals surface area contributed by atoms with E-state index < -0.39 is 0 Å². The Morgan fingerprint density at radius 2 is 2.19 bits per heavy atom. The third kappa shape index (κ3) is 1.29. The maximum atomic E-state index is 6.21. The first kappa shape index (κ1) is 10.2. The Kier molecular flexibility index (Phi) is 2.21. The summed E-state index contributed by atoms with van der Waals surface area (Å²) in [5, 5.41) is 0. The summed E-state index contributed by atoms with van der Waals surface area (Å²) < 4.78 is 0. The molecule has 0 saturated carbocycles. The number of benzene rings is 1. The Balaban J connectivity index is 2.13. The summed E-state index contributed by atoms with van der Waals surface area (Å²) in [6, 6.07) is 7.50. The van der Waals surface area contributed by atoms with Gasteiger partial charge in [-0.05, 0) is 49.8 Å². The second-order valence-corrected chi connectivity index (χ2v) is 5.39. The molecule has 0 bridgehead atoms. The summed E-state index contributed by atoms with van der Waals surface area (Å²) >= 11 is 0. The minimum absolute atomic E-state index is 0.270. The summed E-state index contributed by atoms with van der Waals surface area (Å²) in [4.78, 5) is 2.52. The smallest absolute Gasteiger partial charge is 0.0407 e. The molecule has 16 heavy (non-hydrogen) atoms. The van der Waals surface area contributed by atoms with Crippen molar-refractivity contribution in [2.45, 2.75) is 44.7 Å². The standard InChI is InChI=1S/C14H20N2/c1-9(2)16-7-6-10-8-12(15)11-4-3-5-13(16)14(10)11/h3-5,9-10,12H,6-8,15H2,1-2H3. The molecule has 0 fully saturated rings. The van der Waals surface area contributed by atoms with Gasteiger partial charge in [-0.3, -0.25) is 0 Å². The number of rotatable bonds is 1. The molecular formula is C14H20N2. The topological polar surface area (TPSA) is 29.3 Å². The van der Waals surface area contributed by atoms with Crippen LogP contribution in [0.4, 0.5) is 5.69 Å². The van der Waals surface area contributed by atoms with E-state index in [4.69, 9.17) is 5.73 Å². The summed E-state index contributed by atoms with van der Waals surface area (Å²) in [6.07, 6.45) is 2.42. The summed E-state index contributed by atoms with van der Waals surface area (Å²) in [6.45, 7) is 5.73. The van der Waals surface area contributed by atoms with Gasteiger partial charge in [0.25, 0.3) is 0 Å². The molecule has 1 aliphatic carbocycles. The average molecular weight is 216 g/mol. The van der Waals surface area contributed by atoms with E-state index in [2.05, 4.69) is 36.9 Å². The highest BCUT2D eigenvalue weighted by Gasteiger charge is 2.35. The van der Waals surface area contributed by atoms with Crippen LogP contribution in [0.1, 0.15) is 49.8 Å². The van der Waals surface area contributed by atoms with Crippen LogP contribution in [0, 0.1) is 0 Å². The molecule has 0 amide bonds. The summed E-state index contributed by atoms with van der Waals surface area (Å²) in [7, 11) is 0. The Morgan fingerprint density at radius 3 is 2.94 bits per heavy atom. The van der Waals surface area contributed by atoms with Crippen LogP contribution in [0.15, 0.2) is 18.2 Å². The van der Waals surface area contributed by atoms with E-state index in [-0.39, 0.29) is 6.04 Å². The maximum absolute atomic E-state index is 6.21. The monoisotopic (exact) mass is 216 g/mol. The van der Waals surface area contributed by atoms with Crippen molar-refractivity contribution in [2.24, 2.45) is 5.73 Å². The van der Waals surface area contributed by atoms with E-state index in [0.29, 0.717) is 6.04 Å². The van der Waals surface area contributed by atoms with Crippen LogP contribution in [0.25, 0.3) is 0 Å². The van der Waals surface area contributed by atoms with Crippen LogP contribution in [0.2, 0.25) is 0 Å². The predicted molar refractivity (Wildman–Crippen MR) is 67.8 cm³/mol. The average Bonchev–Trinajstić information content (AvgIpc) is 2.58. The number of nitrogens with zero attached hydrogens (tertiary/aromatic N) is 1. The van der Waals surface area contributed by atoms with Crippen LogP contribution in [0.5, 0.6) is 0 Å². The molecule has 0 saturated heterocycles. The van der Waals surface area contributed by atoms with Gasteiger partial charge in [-0.15, -0.1) is 0 Å². The minimum Gasteiger partial charge on any atom is -0.369 e. The van der Waals surface area contributed by atoms with Crippen LogP contribution >= 0.6 is 0 Å². The normalized spacial score (nSPS) is 27.4. The van der Waals surface area contributed by atoms with Crippen molar-refractivity contribution in [3.8, 4) is 0 Å². The van der Waals surface area contributed by atoms with Crippen molar-refractivity contribution in [1.29, 1.82) is 0 Å². The van der Waals surface area contributed by atoms with E-state index in [9.17, 15) is 0 Å². The van der Waals surface area contributed by atoms with Crippen molar-refractivity contribution in [3.63, 3.8) is 0 Å². The first-order valence-electron chi connectivity index (χ1n) is 6.33. The molecule has 2 atom stereocenters. The molecular weight excluding hydrogens is 196 g/mol. The molecule has 2 aliphatic rings. The fourth-order valence-corrected chi connectivity index (χ4v) is 3.35. The largest absolute Gasteiger partial charge is 0.369 e. The van der Waals surface area contributed by atoms with Gasteiger partial charge in [-0.2, -0.15) is 0 Å². The van der Waals surface area contributed by atoms with Gasteiger partial charge in [0.05, 0.1) is 0 Å². The zero-order valence-electron chi connectivity index (χ0n) is 10.1. The van der Waals surface area contributed by atoms with Crippen LogP contribution in [0.3, 0.4) is 0 Å². The van der Waals surface area contributed by atoms with E-state index in [1.54, 1.807) is 5.56 Å². The lowest BCUT2D eigenvalue weighted by atomic mass is 9.91. The lowest BCUT2D eigenvalue weighted by molar-refractivity contribution is 0.524. The van der Waals surface area contributed by atoms with Crippen LogP contribution in [-0.2, 0) is 0 Å². The lowest BCUT2D eigenvalue weighted by Crippen LogP contribution is -2.36. The second-order valence-electron chi connectivity index (χ2n) is 5.39. The number of nitrogens with two attached hydrogens (primary N) is 1. The van der Waals surface area contributed by atoms with Crippen molar-refractivity contribution < 1.29 is 0 Å². The second kappa shape index (κ2) is 3.49. The molecule has 86 valence electrons. The number of hydrogen-bond donors (Lipinski definition) is 1. The van der Waals surface area contributed by atoms with Gasteiger partial charge >= 0.3 is 0 Å². The van der Waals surface area contributed by atoms with Crippen LogP contribution < -0.4 is 10.6 Å². The Bertz CT molecular complexity index is 411. The fourth-order valence-electron chi connectivity index (χ4n) is 3.35. The van der Waals surface area contributed by atoms with Crippen LogP contribution in [-0.4, -0.2) is 12.6 Å². The molecule has 3 rings (SSSR count). The third-order valence-electron chi connectivity index (χ3n) is 4.11. The van der Waals surface area contributed by atoms with Gasteiger partial charge in [0.15, 0.2) is 0 Å². The molecule has 2 unspecified atom stereocenters. The highest BCUT2D eigenvalue weighted by Crippen LogP contribution is 2.48. The minimum atomic E-state index is 0.270. The van der Waals surface area contributed by atoms with Gasteiger partial charge in [0.1, 0.15) is 0 Å². The molecule has 1 aliphatic heterocycles. The van der Waals surface area contributed by atoms with Gasteiger partial charge in [-0.25, -0.2) is 0 Å².